The molecule has 0 fully saturated rings. The molecule has 0 radical (unpaired) electrons. The molecule has 4 nitrogen and oxygen atoms in total. The van der Waals surface area contributed by atoms with Gasteiger partial charge in [0.1, 0.15) is 5.82 Å². The second-order valence-electron chi connectivity index (χ2n) is 4.59. The first-order valence-electron chi connectivity index (χ1n) is 6.21. The molecule has 2 aromatic carbocycles. The van der Waals surface area contributed by atoms with Crippen LogP contribution in [0.3, 0.4) is 0 Å². The van der Waals surface area contributed by atoms with Crippen molar-refractivity contribution >= 4 is 17.3 Å². The number of nitrogen functional groups attached to an aromatic ring is 1. The summed E-state index contributed by atoms with van der Waals surface area (Å²) in [4.78, 5) is 4.30. The fourth-order valence-electron chi connectivity index (χ4n) is 2.06. The molecule has 3 rings (SSSR count). The molecule has 0 unspecified atom stereocenters. The zero-order valence-corrected chi connectivity index (χ0v) is 11.9. The van der Waals surface area contributed by atoms with E-state index in [0.29, 0.717) is 28.5 Å². The van der Waals surface area contributed by atoms with Gasteiger partial charge in [-0.15, -0.1) is 0 Å². The van der Waals surface area contributed by atoms with Crippen LogP contribution in [-0.4, -0.2) is 10.1 Å². The summed E-state index contributed by atoms with van der Waals surface area (Å²) in [7, 11) is 0. The lowest BCUT2D eigenvalue weighted by atomic mass is 10.1. The number of nitrogens with two attached hydrogens (primary N) is 1. The molecule has 0 saturated heterocycles. The quantitative estimate of drug-likeness (QED) is 0.724. The Kier molecular flexibility index (Phi) is 3.35. The van der Waals surface area contributed by atoms with Crippen molar-refractivity contribution in [2.24, 2.45) is 0 Å². The second kappa shape index (κ2) is 5.18. The SMILES string of the molecule is Cc1cccc(N)c1-c1nc(-c2ccc(F)c(Cl)c2)no1. The molecular formula is C15H11ClFN3O. The predicted octanol–water partition coefficient (Wildman–Crippen LogP) is 4.09. The third-order valence-corrected chi connectivity index (χ3v) is 3.41. The summed E-state index contributed by atoms with van der Waals surface area (Å²) in [5, 5.41) is 3.90. The number of aryl methyl sites for hydroxylation is 1. The zero-order valence-electron chi connectivity index (χ0n) is 11.1. The van der Waals surface area contributed by atoms with Crippen LogP contribution in [-0.2, 0) is 0 Å². The molecule has 2 N–H and O–H groups in total. The van der Waals surface area contributed by atoms with Gasteiger partial charge >= 0.3 is 0 Å². The van der Waals surface area contributed by atoms with Crippen molar-refractivity contribution in [3.63, 3.8) is 0 Å². The molecule has 0 aliphatic rings. The van der Waals surface area contributed by atoms with Crippen LogP contribution in [0.1, 0.15) is 5.56 Å². The Labute approximate surface area is 125 Å². The third-order valence-electron chi connectivity index (χ3n) is 3.12. The Morgan fingerprint density at radius 2 is 2.05 bits per heavy atom. The van der Waals surface area contributed by atoms with Crippen LogP contribution < -0.4 is 5.73 Å². The minimum absolute atomic E-state index is 0.00857. The van der Waals surface area contributed by atoms with Gasteiger partial charge in [-0.05, 0) is 36.8 Å². The minimum Gasteiger partial charge on any atom is -0.398 e. The van der Waals surface area contributed by atoms with Crippen molar-refractivity contribution in [1.82, 2.24) is 10.1 Å². The van der Waals surface area contributed by atoms with E-state index in [0.717, 1.165) is 5.56 Å². The number of rotatable bonds is 2. The van der Waals surface area contributed by atoms with Crippen LogP contribution in [0.4, 0.5) is 10.1 Å². The molecule has 3 aromatic rings. The van der Waals surface area contributed by atoms with E-state index in [4.69, 9.17) is 21.9 Å². The summed E-state index contributed by atoms with van der Waals surface area (Å²) in [5.41, 5.74) is 8.71. The van der Waals surface area contributed by atoms with Crippen molar-refractivity contribution in [1.29, 1.82) is 0 Å². The Morgan fingerprint density at radius 1 is 1.24 bits per heavy atom. The average Bonchev–Trinajstić information content (AvgIpc) is 2.91. The molecule has 0 spiro atoms. The van der Waals surface area contributed by atoms with Gasteiger partial charge in [-0.3, -0.25) is 0 Å². The molecule has 21 heavy (non-hydrogen) atoms. The lowest BCUT2D eigenvalue weighted by Crippen LogP contribution is -1.92. The number of aromatic nitrogens is 2. The molecule has 0 aliphatic heterocycles. The monoisotopic (exact) mass is 303 g/mol. The van der Waals surface area contributed by atoms with Crippen LogP contribution in [0.5, 0.6) is 0 Å². The summed E-state index contributed by atoms with van der Waals surface area (Å²) in [5.74, 6) is 0.155. The molecule has 0 atom stereocenters. The van der Waals surface area contributed by atoms with Crippen LogP contribution >= 0.6 is 11.6 Å². The second-order valence-corrected chi connectivity index (χ2v) is 5.00. The number of hydrogen-bond donors (Lipinski definition) is 1. The minimum atomic E-state index is -0.493. The van der Waals surface area contributed by atoms with E-state index in [1.54, 1.807) is 6.07 Å². The van der Waals surface area contributed by atoms with E-state index in [-0.39, 0.29) is 5.02 Å². The summed E-state index contributed by atoms with van der Waals surface area (Å²) < 4.78 is 18.4. The highest BCUT2D eigenvalue weighted by Gasteiger charge is 2.15. The first-order valence-corrected chi connectivity index (χ1v) is 6.58. The summed E-state index contributed by atoms with van der Waals surface area (Å²) in [6.07, 6.45) is 0. The van der Waals surface area contributed by atoms with Gasteiger partial charge in [-0.25, -0.2) is 4.39 Å². The van der Waals surface area contributed by atoms with Crippen LogP contribution in [0.25, 0.3) is 22.8 Å². The van der Waals surface area contributed by atoms with E-state index in [9.17, 15) is 4.39 Å². The lowest BCUT2D eigenvalue weighted by molar-refractivity contribution is 0.432. The largest absolute Gasteiger partial charge is 0.398 e. The number of anilines is 1. The van der Waals surface area contributed by atoms with Crippen LogP contribution in [0, 0.1) is 12.7 Å². The van der Waals surface area contributed by atoms with Crippen molar-refractivity contribution in [2.45, 2.75) is 6.92 Å². The predicted molar refractivity (Wildman–Crippen MR) is 79.3 cm³/mol. The van der Waals surface area contributed by atoms with E-state index in [2.05, 4.69) is 10.1 Å². The average molecular weight is 304 g/mol. The van der Waals surface area contributed by atoms with E-state index in [1.807, 2.05) is 19.1 Å². The van der Waals surface area contributed by atoms with Gasteiger partial charge in [-0.2, -0.15) is 4.98 Å². The highest BCUT2D eigenvalue weighted by Crippen LogP contribution is 2.30. The Bertz CT molecular complexity index is 796. The van der Waals surface area contributed by atoms with Crippen LogP contribution in [0.15, 0.2) is 40.9 Å². The lowest BCUT2D eigenvalue weighted by Gasteiger charge is -2.03. The Hall–Kier alpha value is -2.40. The third kappa shape index (κ3) is 2.48. The first-order chi connectivity index (χ1) is 10.1. The van der Waals surface area contributed by atoms with Crippen molar-refractivity contribution < 1.29 is 8.91 Å². The molecule has 106 valence electrons. The highest BCUT2D eigenvalue weighted by molar-refractivity contribution is 6.31. The molecule has 0 amide bonds. The number of nitrogens with zero attached hydrogens (tertiary/aromatic N) is 2. The number of halogens is 2. The van der Waals surface area contributed by atoms with E-state index >= 15 is 0 Å². The van der Waals surface area contributed by atoms with Gasteiger partial charge < -0.3 is 10.3 Å². The Balaban J connectivity index is 2.06. The maximum atomic E-state index is 13.2. The maximum Gasteiger partial charge on any atom is 0.260 e. The molecular weight excluding hydrogens is 293 g/mol. The fraction of sp³-hybridized carbons (Fsp3) is 0.0667. The molecule has 1 aromatic heterocycles. The van der Waals surface area contributed by atoms with Gasteiger partial charge in [0.05, 0.1) is 10.6 Å². The normalized spacial score (nSPS) is 10.8. The smallest absolute Gasteiger partial charge is 0.260 e. The van der Waals surface area contributed by atoms with Crippen molar-refractivity contribution in [2.75, 3.05) is 5.73 Å². The Morgan fingerprint density at radius 3 is 2.76 bits per heavy atom. The number of benzene rings is 2. The van der Waals surface area contributed by atoms with Crippen molar-refractivity contribution in [3.8, 4) is 22.8 Å². The van der Waals surface area contributed by atoms with Gasteiger partial charge in [0, 0.05) is 11.3 Å². The summed E-state index contributed by atoms with van der Waals surface area (Å²) >= 11 is 5.76. The van der Waals surface area contributed by atoms with Crippen molar-refractivity contribution in [3.05, 3.63) is 52.8 Å². The standard InChI is InChI=1S/C15H11ClFN3O/c1-8-3-2-4-12(18)13(8)15-19-14(20-21-15)9-5-6-11(17)10(16)7-9/h2-7H,18H2,1H3. The molecule has 0 aliphatic carbocycles. The van der Waals surface area contributed by atoms with Gasteiger partial charge in [-0.1, -0.05) is 28.9 Å². The van der Waals surface area contributed by atoms with Gasteiger partial charge in [0.25, 0.3) is 5.89 Å². The molecule has 1 heterocycles. The van der Waals surface area contributed by atoms with Gasteiger partial charge in [0.15, 0.2) is 0 Å². The first kappa shape index (κ1) is 13.6. The highest BCUT2D eigenvalue weighted by atomic mass is 35.5. The molecule has 6 heteroatoms. The van der Waals surface area contributed by atoms with Crippen LogP contribution in [0.2, 0.25) is 5.02 Å². The summed E-state index contributed by atoms with van der Waals surface area (Å²) in [6.45, 7) is 1.91. The maximum absolute atomic E-state index is 13.2. The fourth-order valence-corrected chi connectivity index (χ4v) is 2.24. The van der Waals surface area contributed by atoms with E-state index in [1.165, 1.54) is 18.2 Å². The topological polar surface area (TPSA) is 64.9 Å². The molecule has 0 bridgehead atoms. The molecule has 0 saturated carbocycles. The van der Waals surface area contributed by atoms with Gasteiger partial charge in [0.2, 0.25) is 5.82 Å². The number of hydrogen-bond acceptors (Lipinski definition) is 4. The van der Waals surface area contributed by atoms with E-state index < -0.39 is 5.82 Å². The summed E-state index contributed by atoms with van der Waals surface area (Å²) in [6, 6.07) is 9.77. The zero-order chi connectivity index (χ0) is 15.0.